The number of nitriles is 1. The summed E-state index contributed by atoms with van der Waals surface area (Å²) in [4.78, 5) is 0. The van der Waals surface area contributed by atoms with E-state index >= 15 is 0 Å². The maximum Gasteiger partial charge on any atom is 0.123 e. The highest BCUT2D eigenvalue weighted by Gasteiger charge is 2.29. The summed E-state index contributed by atoms with van der Waals surface area (Å²) in [6.45, 7) is 4.22. The number of benzene rings is 1. The van der Waals surface area contributed by atoms with Crippen LogP contribution in [0.2, 0.25) is 0 Å². The van der Waals surface area contributed by atoms with Gasteiger partial charge in [-0.2, -0.15) is 10.4 Å². The minimum Gasteiger partial charge on any atom is -0.266 e. The van der Waals surface area contributed by atoms with E-state index in [2.05, 4.69) is 24.6 Å². The molecular formula is C18H20FN3. The summed E-state index contributed by atoms with van der Waals surface area (Å²) in [5, 5.41) is 13.9. The van der Waals surface area contributed by atoms with Gasteiger partial charge >= 0.3 is 0 Å². The fraction of sp³-hybridized carbons (Fsp3) is 0.444. The summed E-state index contributed by atoms with van der Waals surface area (Å²) in [5.74, 6) is -0.0440. The van der Waals surface area contributed by atoms with E-state index in [-0.39, 0.29) is 17.8 Å². The van der Waals surface area contributed by atoms with E-state index in [1.807, 2.05) is 6.07 Å². The number of nitrogens with zero attached hydrogens (tertiary/aromatic N) is 3. The van der Waals surface area contributed by atoms with Crippen LogP contribution in [0.1, 0.15) is 56.3 Å². The lowest BCUT2D eigenvalue weighted by molar-refractivity contribution is 0.478. The molecule has 1 aliphatic rings. The van der Waals surface area contributed by atoms with Crippen molar-refractivity contribution in [2.24, 2.45) is 0 Å². The van der Waals surface area contributed by atoms with Crippen LogP contribution in [-0.2, 0) is 6.42 Å². The van der Waals surface area contributed by atoms with E-state index < -0.39 is 0 Å². The number of hydrogen-bond donors (Lipinski definition) is 0. The zero-order valence-corrected chi connectivity index (χ0v) is 13.0. The molecular weight excluding hydrogens is 277 g/mol. The largest absolute Gasteiger partial charge is 0.266 e. The van der Waals surface area contributed by atoms with E-state index in [1.165, 1.54) is 17.8 Å². The molecule has 1 unspecified atom stereocenters. The van der Waals surface area contributed by atoms with Crippen molar-refractivity contribution in [1.82, 2.24) is 9.78 Å². The fourth-order valence-electron chi connectivity index (χ4n) is 3.41. The first-order valence-corrected chi connectivity index (χ1v) is 7.86. The monoisotopic (exact) mass is 297 g/mol. The molecule has 3 nitrogen and oxygen atoms in total. The highest BCUT2D eigenvalue weighted by atomic mass is 19.1. The second kappa shape index (κ2) is 5.92. The molecule has 114 valence electrons. The van der Waals surface area contributed by atoms with Gasteiger partial charge in [-0.15, -0.1) is 0 Å². The summed E-state index contributed by atoms with van der Waals surface area (Å²) in [6.07, 6.45) is 3.57. The maximum atomic E-state index is 13.6. The van der Waals surface area contributed by atoms with E-state index in [9.17, 15) is 4.39 Å². The molecule has 0 amide bonds. The lowest BCUT2D eigenvalue weighted by Crippen LogP contribution is -2.14. The molecule has 3 rings (SSSR count). The zero-order valence-electron chi connectivity index (χ0n) is 13.0. The van der Waals surface area contributed by atoms with Gasteiger partial charge in [0.05, 0.1) is 11.8 Å². The predicted octanol–water partition coefficient (Wildman–Crippen LogP) is 4.60. The van der Waals surface area contributed by atoms with Gasteiger partial charge in [0.15, 0.2) is 0 Å². The summed E-state index contributed by atoms with van der Waals surface area (Å²) < 4.78 is 15.7. The van der Waals surface area contributed by atoms with Crippen LogP contribution < -0.4 is 0 Å². The Morgan fingerprint density at radius 3 is 2.95 bits per heavy atom. The number of aromatic nitrogens is 2. The minimum atomic E-state index is -0.252. The molecule has 0 saturated carbocycles. The van der Waals surface area contributed by atoms with Crippen molar-refractivity contribution in [2.45, 2.75) is 51.5 Å². The molecule has 0 fully saturated rings. The third-order valence-electron chi connectivity index (χ3n) is 4.35. The molecule has 22 heavy (non-hydrogen) atoms. The Balaban J connectivity index is 2.20. The van der Waals surface area contributed by atoms with Crippen molar-refractivity contribution < 1.29 is 4.39 Å². The van der Waals surface area contributed by atoms with Crippen molar-refractivity contribution in [2.75, 3.05) is 0 Å². The Morgan fingerprint density at radius 1 is 1.45 bits per heavy atom. The SMILES string of the molecule is CC(C)n1nc(-c2cccc(F)c2)c2c1CCCC2CC#N. The average molecular weight is 297 g/mol. The zero-order chi connectivity index (χ0) is 15.7. The molecule has 1 aromatic carbocycles. The van der Waals surface area contributed by atoms with Crippen LogP contribution in [0.3, 0.4) is 0 Å². The van der Waals surface area contributed by atoms with Gasteiger partial charge in [0.2, 0.25) is 0 Å². The third-order valence-corrected chi connectivity index (χ3v) is 4.35. The Morgan fingerprint density at radius 2 is 2.27 bits per heavy atom. The van der Waals surface area contributed by atoms with Crippen LogP contribution >= 0.6 is 0 Å². The van der Waals surface area contributed by atoms with Crippen LogP contribution in [0.25, 0.3) is 11.3 Å². The minimum absolute atomic E-state index is 0.208. The molecule has 4 heteroatoms. The molecule has 1 aliphatic carbocycles. The first kappa shape index (κ1) is 14.8. The van der Waals surface area contributed by atoms with Crippen LogP contribution in [0.15, 0.2) is 24.3 Å². The molecule has 0 N–H and O–H groups in total. The summed E-state index contributed by atoms with van der Waals surface area (Å²) >= 11 is 0. The Kier molecular flexibility index (Phi) is 3.98. The number of rotatable bonds is 3. The number of halogens is 1. The highest BCUT2D eigenvalue weighted by Crippen LogP contribution is 2.41. The van der Waals surface area contributed by atoms with Crippen molar-refractivity contribution in [3.8, 4) is 17.3 Å². The molecule has 0 spiro atoms. The predicted molar refractivity (Wildman–Crippen MR) is 83.9 cm³/mol. The molecule has 1 atom stereocenters. The second-order valence-electron chi connectivity index (χ2n) is 6.21. The summed E-state index contributed by atoms with van der Waals surface area (Å²) in [5.41, 5.74) is 4.04. The van der Waals surface area contributed by atoms with E-state index in [4.69, 9.17) is 10.4 Å². The van der Waals surface area contributed by atoms with Crippen molar-refractivity contribution in [3.05, 3.63) is 41.3 Å². The van der Waals surface area contributed by atoms with Gasteiger partial charge in [0.1, 0.15) is 5.82 Å². The first-order chi connectivity index (χ1) is 10.6. The topological polar surface area (TPSA) is 41.6 Å². The Hall–Kier alpha value is -2.15. The van der Waals surface area contributed by atoms with Gasteiger partial charge in [0, 0.05) is 35.2 Å². The van der Waals surface area contributed by atoms with E-state index in [0.29, 0.717) is 6.42 Å². The molecule has 1 heterocycles. The Labute approximate surface area is 130 Å². The van der Waals surface area contributed by atoms with Crippen molar-refractivity contribution >= 4 is 0 Å². The standard InChI is InChI=1S/C18H20FN3/c1-12(2)22-16-8-4-5-13(9-10-20)17(16)18(21-22)14-6-3-7-15(19)11-14/h3,6-7,11-13H,4-5,8-9H2,1-2H3. The maximum absolute atomic E-state index is 13.6. The smallest absolute Gasteiger partial charge is 0.123 e. The highest BCUT2D eigenvalue weighted by molar-refractivity contribution is 5.65. The molecule has 0 radical (unpaired) electrons. The third kappa shape index (κ3) is 2.52. The van der Waals surface area contributed by atoms with Crippen LogP contribution in [0.5, 0.6) is 0 Å². The lowest BCUT2D eigenvalue weighted by Gasteiger charge is -2.23. The number of hydrogen-bond acceptors (Lipinski definition) is 2. The van der Waals surface area contributed by atoms with Gasteiger partial charge in [-0.1, -0.05) is 12.1 Å². The summed E-state index contributed by atoms with van der Waals surface area (Å²) in [7, 11) is 0. The number of fused-ring (bicyclic) bond motifs is 1. The van der Waals surface area contributed by atoms with E-state index in [0.717, 1.165) is 36.1 Å². The normalized spacial score (nSPS) is 17.3. The van der Waals surface area contributed by atoms with Gasteiger partial charge in [-0.25, -0.2) is 4.39 Å². The Bertz CT molecular complexity index is 724. The van der Waals surface area contributed by atoms with E-state index in [1.54, 1.807) is 6.07 Å². The molecule has 1 aromatic heterocycles. The molecule has 2 aromatic rings. The second-order valence-corrected chi connectivity index (χ2v) is 6.21. The van der Waals surface area contributed by atoms with Crippen molar-refractivity contribution in [3.63, 3.8) is 0 Å². The van der Waals surface area contributed by atoms with Gasteiger partial charge in [-0.05, 0) is 45.2 Å². The van der Waals surface area contributed by atoms with Crippen molar-refractivity contribution in [1.29, 1.82) is 5.26 Å². The quantitative estimate of drug-likeness (QED) is 0.830. The molecule has 0 aliphatic heterocycles. The van der Waals surface area contributed by atoms with Gasteiger partial charge in [-0.3, -0.25) is 4.68 Å². The van der Waals surface area contributed by atoms with Gasteiger partial charge in [0.25, 0.3) is 0 Å². The van der Waals surface area contributed by atoms with Crippen LogP contribution in [-0.4, -0.2) is 9.78 Å². The van der Waals surface area contributed by atoms with Crippen LogP contribution in [0, 0.1) is 17.1 Å². The molecule has 0 saturated heterocycles. The fourth-order valence-corrected chi connectivity index (χ4v) is 3.41. The van der Waals surface area contributed by atoms with Gasteiger partial charge < -0.3 is 0 Å². The molecule has 0 bridgehead atoms. The lowest BCUT2D eigenvalue weighted by atomic mass is 9.82. The summed E-state index contributed by atoms with van der Waals surface area (Å²) in [6, 6.07) is 9.15. The first-order valence-electron chi connectivity index (χ1n) is 7.86. The van der Waals surface area contributed by atoms with Crippen LogP contribution in [0.4, 0.5) is 4.39 Å². The average Bonchev–Trinajstić information content (AvgIpc) is 2.88.